The lowest BCUT2D eigenvalue weighted by molar-refractivity contribution is -0.140. The molecule has 0 aliphatic carbocycles. The minimum Gasteiger partial charge on any atom is -0.339 e. The molecule has 1 amide bonds. The normalized spacial score (nSPS) is 20.4. The first-order valence-corrected chi connectivity index (χ1v) is 6.97. The summed E-state index contributed by atoms with van der Waals surface area (Å²) in [7, 11) is 0. The Balaban J connectivity index is 2.09. The van der Waals surface area contributed by atoms with Crippen molar-refractivity contribution >= 4 is 5.91 Å². The molecule has 1 N–H and O–H groups in total. The van der Waals surface area contributed by atoms with Gasteiger partial charge in [-0.3, -0.25) is 4.79 Å². The minimum atomic E-state index is -0.296. The molecule has 3 heteroatoms. The molecule has 19 heavy (non-hydrogen) atoms. The first-order chi connectivity index (χ1) is 8.88. The first-order valence-electron chi connectivity index (χ1n) is 6.97. The van der Waals surface area contributed by atoms with Gasteiger partial charge in [-0.05, 0) is 12.5 Å². The van der Waals surface area contributed by atoms with E-state index in [4.69, 9.17) is 0 Å². The lowest BCUT2D eigenvalue weighted by Crippen LogP contribution is -2.51. The summed E-state index contributed by atoms with van der Waals surface area (Å²) in [5.74, 6) is 0.242. The van der Waals surface area contributed by atoms with Crippen LogP contribution in [0.2, 0.25) is 0 Å². The number of piperazine rings is 1. The van der Waals surface area contributed by atoms with Crippen LogP contribution in [0, 0.1) is 12.3 Å². The summed E-state index contributed by atoms with van der Waals surface area (Å²) in [6, 6.07) is 8.81. The number of carbonyl (C=O) groups is 1. The Morgan fingerprint density at radius 3 is 2.47 bits per heavy atom. The van der Waals surface area contributed by atoms with E-state index in [0.717, 1.165) is 19.6 Å². The molecule has 1 aromatic carbocycles. The molecule has 1 saturated heterocycles. The van der Waals surface area contributed by atoms with Crippen LogP contribution in [0.1, 0.15) is 37.9 Å². The highest BCUT2D eigenvalue weighted by molar-refractivity contribution is 5.81. The van der Waals surface area contributed by atoms with Crippen molar-refractivity contribution < 1.29 is 4.79 Å². The van der Waals surface area contributed by atoms with Gasteiger partial charge >= 0.3 is 0 Å². The Morgan fingerprint density at radius 1 is 1.26 bits per heavy atom. The third kappa shape index (κ3) is 3.35. The zero-order valence-electron chi connectivity index (χ0n) is 12.4. The zero-order chi connectivity index (χ0) is 14.0. The fraction of sp³-hybridized carbons (Fsp3) is 0.562. The number of hydrogen-bond acceptors (Lipinski definition) is 2. The van der Waals surface area contributed by atoms with Gasteiger partial charge in [-0.2, -0.15) is 0 Å². The molecule has 104 valence electrons. The number of carbonyl (C=O) groups excluding carboxylic acids is 1. The van der Waals surface area contributed by atoms with Crippen molar-refractivity contribution in [2.45, 2.75) is 33.7 Å². The molecule has 2 rings (SSSR count). The smallest absolute Gasteiger partial charge is 0.228 e. The maximum atomic E-state index is 12.3. The summed E-state index contributed by atoms with van der Waals surface area (Å²) in [6.07, 6.45) is 0. The first kappa shape index (κ1) is 14.1. The van der Waals surface area contributed by atoms with E-state index in [1.807, 2.05) is 25.7 Å². The number of nitrogens with zero attached hydrogens (tertiary/aromatic N) is 1. The molecule has 1 atom stereocenters. The summed E-state index contributed by atoms with van der Waals surface area (Å²) >= 11 is 0. The molecule has 1 heterocycles. The number of amides is 1. The summed E-state index contributed by atoms with van der Waals surface area (Å²) < 4.78 is 0. The van der Waals surface area contributed by atoms with Gasteiger partial charge < -0.3 is 10.2 Å². The fourth-order valence-corrected chi connectivity index (χ4v) is 2.43. The Kier molecular flexibility index (Phi) is 3.95. The molecular weight excluding hydrogens is 236 g/mol. The monoisotopic (exact) mass is 260 g/mol. The molecule has 1 aliphatic heterocycles. The maximum absolute atomic E-state index is 12.3. The largest absolute Gasteiger partial charge is 0.339 e. The molecular formula is C16H24N2O. The molecule has 1 aromatic rings. The van der Waals surface area contributed by atoms with E-state index in [9.17, 15) is 4.79 Å². The van der Waals surface area contributed by atoms with E-state index in [2.05, 4.69) is 36.5 Å². The van der Waals surface area contributed by atoms with Gasteiger partial charge in [-0.1, -0.05) is 50.6 Å². The standard InChI is InChI=1S/C16H24N2O/c1-12-5-7-13(8-6-12)14-11-18(10-9-17-14)15(19)16(2,3)4/h5-8,14,17H,9-11H2,1-4H3. The van der Waals surface area contributed by atoms with E-state index in [1.54, 1.807) is 0 Å². The minimum absolute atomic E-state index is 0.242. The van der Waals surface area contributed by atoms with Gasteiger partial charge in [-0.25, -0.2) is 0 Å². The summed E-state index contributed by atoms with van der Waals surface area (Å²) in [5, 5.41) is 3.50. The van der Waals surface area contributed by atoms with Crippen molar-refractivity contribution in [1.82, 2.24) is 10.2 Å². The highest BCUT2D eigenvalue weighted by Gasteiger charge is 2.31. The summed E-state index contributed by atoms with van der Waals surface area (Å²) in [5.41, 5.74) is 2.23. The Hall–Kier alpha value is -1.35. The topological polar surface area (TPSA) is 32.3 Å². The average molecular weight is 260 g/mol. The Bertz CT molecular complexity index is 445. The van der Waals surface area contributed by atoms with Gasteiger partial charge in [0.15, 0.2) is 0 Å². The zero-order valence-corrected chi connectivity index (χ0v) is 12.4. The van der Waals surface area contributed by atoms with Crippen LogP contribution in [0.25, 0.3) is 0 Å². The van der Waals surface area contributed by atoms with E-state index in [1.165, 1.54) is 11.1 Å². The van der Waals surface area contributed by atoms with E-state index >= 15 is 0 Å². The van der Waals surface area contributed by atoms with Crippen molar-refractivity contribution in [2.24, 2.45) is 5.41 Å². The van der Waals surface area contributed by atoms with Gasteiger partial charge in [0, 0.05) is 31.1 Å². The average Bonchev–Trinajstić information content (AvgIpc) is 2.38. The number of hydrogen-bond donors (Lipinski definition) is 1. The van der Waals surface area contributed by atoms with Gasteiger partial charge in [0.2, 0.25) is 5.91 Å². The van der Waals surface area contributed by atoms with Gasteiger partial charge in [0.05, 0.1) is 0 Å². The van der Waals surface area contributed by atoms with E-state index in [0.29, 0.717) is 0 Å². The predicted molar refractivity (Wildman–Crippen MR) is 78.0 cm³/mol. The Labute approximate surface area is 116 Å². The van der Waals surface area contributed by atoms with Crippen LogP contribution in [0.3, 0.4) is 0 Å². The van der Waals surface area contributed by atoms with Gasteiger partial charge in [0.25, 0.3) is 0 Å². The van der Waals surface area contributed by atoms with Crippen LogP contribution in [0.15, 0.2) is 24.3 Å². The molecule has 0 aromatic heterocycles. The van der Waals surface area contributed by atoms with Crippen LogP contribution in [0.4, 0.5) is 0 Å². The molecule has 0 radical (unpaired) electrons. The number of benzene rings is 1. The summed E-state index contributed by atoms with van der Waals surface area (Å²) in [6.45, 7) is 10.5. The van der Waals surface area contributed by atoms with Crippen LogP contribution in [-0.4, -0.2) is 30.4 Å². The quantitative estimate of drug-likeness (QED) is 0.841. The number of nitrogens with one attached hydrogen (secondary N) is 1. The highest BCUT2D eigenvalue weighted by atomic mass is 16.2. The highest BCUT2D eigenvalue weighted by Crippen LogP contribution is 2.23. The van der Waals surface area contributed by atoms with Gasteiger partial charge in [0.1, 0.15) is 0 Å². The van der Waals surface area contributed by atoms with Crippen molar-refractivity contribution in [3.05, 3.63) is 35.4 Å². The molecule has 0 saturated carbocycles. The second kappa shape index (κ2) is 5.33. The van der Waals surface area contributed by atoms with Gasteiger partial charge in [-0.15, -0.1) is 0 Å². The van der Waals surface area contributed by atoms with Crippen molar-refractivity contribution in [2.75, 3.05) is 19.6 Å². The van der Waals surface area contributed by atoms with E-state index < -0.39 is 0 Å². The van der Waals surface area contributed by atoms with Crippen molar-refractivity contribution in [3.63, 3.8) is 0 Å². The predicted octanol–water partition coefficient (Wildman–Crippen LogP) is 2.51. The molecule has 0 spiro atoms. The molecule has 0 bridgehead atoms. The van der Waals surface area contributed by atoms with Crippen LogP contribution in [-0.2, 0) is 4.79 Å². The third-order valence-electron chi connectivity index (χ3n) is 3.58. The molecule has 1 aliphatic rings. The molecule has 1 unspecified atom stereocenters. The maximum Gasteiger partial charge on any atom is 0.228 e. The Morgan fingerprint density at radius 2 is 1.89 bits per heavy atom. The fourth-order valence-electron chi connectivity index (χ4n) is 2.43. The SMILES string of the molecule is Cc1ccc(C2CN(C(=O)C(C)(C)C)CCN2)cc1. The van der Waals surface area contributed by atoms with Crippen molar-refractivity contribution in [1.29, 1.82) is 0 Å². The summed E-state index contributed by atoms with van der Waals surface area (Å²) in [4.78, 5) is 14.3. The van der Waals surface area contributed by atoms with Crippen LogP contribution >= 0.6 is 0 Å². The van der Waals surface area contributed by atoms with Crippen LogP contribution in [0.5, 0.6) is 0 Å². The second-order valence-electron chi connectivity index (χ2n) is 6.42. The lowest BCUT2D eigenvalue weighted by Gasteiger charge is -2.37. The number of rotatable bonds is 1. The third-order valence-corrected chi connectivity index (χ3v) is 3.58. The molecule has 1 fully saturated rings. The second-order valence-corrected chi connectivity index (χ2v) is 6.42. The van der Waals surface area contributed by atoms with Crippen LogP contribution < -0.4 is 5.32 Å². The van der Waals surface area contributed by atoms with E-state index in [-0.39, 0.29) is 17.4 Å². The number of aryl methyl sites for hydroxylation is 1. The lowest BCUT2D eigenvalue weighted by atomic mass is 9.93. The molecule has 3 nitrogen and oxygen atoms in total. The van der Waals surface area contributed by atoms with Crippen molar-refractivity contribution in [3.8, 4) is 0 Å².